The fourth-order valence-electron chi connectivity index (χ4n) is 1.86. The zero-order valence-corrected chi connectivity index (χ0v) is 8.71. The largest absolute Gasteiger partial charge is 0.388 e. The van der Waals surface area contributed by atoms with E-state index in [-0.39, 0.29) is 6.10 Å². The molecule has 1 aliphatic carbocycles. The van der Waals surface area contributed by atoms with Crippen molar-refractivity contribution in [2.75, 3.05) is 0 Å². The van der Waals surface area contributed by atoms with Crippen molar-refractivity contribution < 1.29 is 5.11 Å². The second kappa shape index (κ2) is 4.94. The predicted octanol–water partition coefficient (Wildman–Crippen LogP) is 3.03. The molecule has 0 bridgehead atoms. The average Bonchev–Trinajstić information content (AvgIpc) is 2.81. The van der Waals surface area contributed by atoms with Crippen molar-refractivity contribution in [1.29, 1.82) is 0 Å². The molecule has 1 heteroatoms. The van der Waals surface area contributed by atoms with Crippen LogP contribution in [0.1, 0.15) is 18.4 Å². The molecular weight excluding hydrogens is 184 g/mol. The van der Waals surface area contributed by atoms with Gasteiger partial charge in [0, 0.05) is 5.92 Å². The Kier molecular flexibility index (Phi) is 3.36. The van der Waals surface area contributed by atoms with Gasteiger partial charge >= 0.3 is 0 Å². The fraction of sp³-hybridized carbons (Fsp3) is 0.286. The van der Waals surface area contributed by atoms with Crippen LogP contribution < -0.4 is 0 Å². The van der Waals surface area contributed by atoms with Gasteiger partial charge in [0.15, 0.2) is 0 Å². The van der Waals surface area contributed by atoms with Crippen molar-refractivity contribution in [2.45, 2.75) is 18.9 Å². The molecule has 0 saturated carbocycles. The summed E-state index contributed by atoms with van der Waals surface area (Å²) in [7, 11) is 0. The first kappa shape index (κ1) is 10.2. The maximum atomic E-state index is 9.87. The molecule has 0 fully saturated rings. The molecule has 0 aliphatic heterocycles. The van der Waals surface area contributed by atoms with Gasteiger partial charge in [-0.3, -0.25) is 0 Å². The van der Waals surface area contributed by atoms with Gasteiger partial charge < -0.3 is 5.11 Å². The highest BCUT2D eigenvalue weighted by Crippen LogP contribution is 2.21. The highest BCUT2D eigenvalue weighted by atomic mass is 16.3. The van der Waals surface area contributed by atoms with Crippen LogP contribution in [0.25, 0.3) is 6.08 Å². The predicted molar refractivity (Wildman–Crippen MR) is 63.3 cm³/mol. The van der Waals surface area contributed by atoms with Gasteiger partial charge in [0.2, 0.25) is 0 Å². The van der Waals surface area contributed by atoms with E-state index in [1.807, 2.05) is 42.5 Å². The molecular formula is C14H16O. The second-order valence-electron chi connectivity index (χ2n) is 3.93. The normalized spacial score (nSPS) is 22.3. The third-order valence-corrected chi connectivity index (χ3v) is 2.77. The number of rotatable bonds is 3. The number of aliphatic hydroxyl groups is 1. The lowest BCUT2D eigenvalue weighted by Gasteiger charge is -2.11. The summed E-state index contributed by atoms with van der Waals surface area (Å²) in [4.78, 5) is 0. The Labute approximate surface area is 90.8 Å². The van der Waals surface area contributed by atoms with Crippen LogP contribution in [0.5, 0.6) is 0 Å². The van der Waals surface area contributed by atoms with E-state index >= 15 is 0 Å². The molecule has 0 amide bonds. The highest BCUT2D eigenvalue weighted by Gasteiger charge is 2.15. The van der Waals surface area contributed by atoms with Gasteiger partial charge in [0.25, 0.3) is 0 Å². The van der Waals surface area contributed by atoms with Crippen LogP contribution in [0.2, 0.25) is 0 Å². The van der Waals surface area contributed by atoms with E-state index in [0.717, 1.165) is 18.4 Å². The van der Waals surface area contributed by atoms with Crippen molar-refractivity contribution in [2.24, 2.45) is 5.92 Å². The number of aliphatic hydroxyl groups excluding tert-OH is 1. The van der Waals surface area contributed by atoms with E-state index in [9.17, 15) is 5.11 Å². The summed E-state index contributed by atoms with van der Waals surface area (Å²) in [5.74, 6) is 0.310. The first-order valence-electron chi connectivity index (χ1n) is 5.44. The second-order valence-corrected chi connectivity index (χ2v) is 3.93. The smallest absolute Gasteiger partial charge is 0.0786 e. The molecule has 0 unspecified atom stereocenters. The Morgan fingerprint density at radius 1 is 1.27 bits per heavy atom. The zero-order chi connectivity index (χ0) is 10.5. The van der Waals surface area contributed by atoms with E-state index < -0.39 is 0 Å². The Balaban J connectivity index is 1.96. The average molecular weight is 200 g/mol. The summed E-state index contributed by atoms with van der Waals surface area (Å²) >= 11 is 0. The molecule has 1 nitrogen and oxygen atoms in total. The van der Waals surface area contributed by atoms with Gasteiger partial charge in [0.05, 0.1) is 6.10 Å². The molecule has 1 aromatic carbocycles. The zero-order valence-electron chi connectivity index (χ0n) is 8.71. The molecule has 0 spiro atoms. The maximum Gasteiger partial charge on any atom is 0.0786 e. The first-order valence-corrected chi connectivity index (χ1v) is 5.44. The van der Waals surface area contributed by atoms with E-state index in [1.54, 1.807) is 0 Å². The monoisotopic (exact) mass is 200 g/mol. The number of hydrogen-bond acceptors (Lipinski definition) is 1. The van der Waals surface area contributed by atoms with Gasteiger partial charge in [-0.15, -0.1) is 0 Å². The lowest BCUT2D eigenvalue weighted by molar-refractivity contribution is 0.177. The number of hydrogen-bond donors (Lipinski definition) is 1. The lowest BCUT2D eigenvalue weighted by atomic mass is 10.0. The highest BCUT2D eigenvalue weighted by molar-refractivity contribution is 5.49. The molecule has 2 atom stereocenters. The van der Waals surface area contributed by atoms with Gasteiger partial charge in [-0.1, -0.05) is 54.6 Å². The van der Waals surface area contributed by atoms with E-state index in [1.165, 1.54) is 0 Å². The summed E-state index contributed by atoms with van der Waals surface area (Å²) in [6, 6.07) is 10.1. The lowest BCUT2D eigenvalue weighted by Crippen LogP contribution is -2.13. The molecule has 2 rings (SSSR count). The van der Waals surface area contributed by atoms with Crippen LogP contribution in [0, 0.1) is 5.92 Å². The van der Waals surface area contributed by atoms with Crippen molar-refractivity contribution in [1.82, 2.24) is 0 Å². The molecule has 0 aromatic heterocycles. The van der Waals surface area contributed by atoms with Crippen molar-refractivity contribution in [3.8, 4) is 0 Å². The van der Waals surface area contributed by atoms with Crippen molar-refractivity contribution in [3.63, 3.8) is 0 Å². The minimum atomic E-state index is -0.344. The van der Waals surface area contributed by atoms with Crippen LogP contribution >= 0.6 is 0 Å². The van der Waals surface area contributed by atoms with Gasteiger partial charge in [-0.2, -0.15) is 0 Å². The summed E-state index contributed by atoms with van der Waals surface area (Å²) in [5, 5.41) is 9.87. The molecule has 1 aromatic rings. The summed E-state index contributed by atoms with van der Waals surface area (Å²) < 4.78 is 0. The molecule has 0 saturated heterocycles. The number of allylic oxidation sites excluding steroid dienone is 1. The van der Waals surface area contributed by atoms with E-state index in [0.29, 0.717) is 5.92 Å². The SMILES string of the molecule is O[C@@H](/C=C/c1ccccc1)[C@@H]1C=CCC1. The first-order chi connectivity index (χ1) is 7.36. The van der Waals surface area contributed by atoms with Crippen LogP contribution in [-0.4, -0.2) is 11.2 Å². The molecule has 0 heterocycles. The van der Waals surface area contributed by atoms with E-state index in [4.69, 9.17) is 0 Å². The molecule has 1 aliphatic rings. The topological polar surface area (TPSA) is 20.2 Å². The standard InChI is InChI=1S/C14H16O/c15-14(13-8-4-5-9-13)11-10-12-6-2-1-3-7-12/h1-4,6-8,10-11,13-15H,5,9H2/b11-10+/t13-,14+/m1/s1. The van der Waals surface area contributed by atoms with Gasteiger partial charge in [-0.25, -0.2) is 0 Å². The van der Waals surface area contributed by atoms with Crippen LogP contribution in [0.4, 0.5) is 0 Å². The third-order valence-electron chi connectivity index (χ3n) is 2.77. The fourth-order valence-corrected chi connectivity index (χ4v) is 1.86. The number of benzene rings is 1. The summed E-state index contributed by atoms with van der Waals surface area (Å²) in [5.41, 5.74) is 1.14. The minimum absolute atomic E-state index is 0.310. The molecule has 78 valence electrons. The van der Waals surface area contributed by atoms with Gasteiger partial charge in [-0.05, 0) is 18.4 Å². The Hall–Kier alpha value is -1.34. The quantitative estimate of drug-likeness (QED) is 0.743. The molecule has 1 N–H and O–H groups in total. The van der Waals surface area contributed by atoms with Crippen molar-refractivity contribution >= 4 is 6.08 Å². The van der Waals surface area contributed by atoms with Crippen LogP contribution in [-0.2, 0) is 0 Å². The summed E-state index contributed by atoms with van der Waals surface area (Å²) in [6.07, 6.45) is 9.95. The van der Waals surface area contributed by atoms with E-state index in [2.05, 4.69) is 12.2 Å². The summed E-state index contributed by atoms with van der Waals surface area (Å²) in [6.45, 7) is 0. The van der Waals surface area contributed by atoms with Crippen LogP contribution in [0.15, 0.2) is 48.6 Å². The third kappa shape index (κ3) is 2.80. The van der Waals surface area contributed by atoms with Crippen molar-refractivity contribution in [3.05, 3.63) is 54.1 Å². The van der Waals surface area contributed by atoms with Crippen LogP contribution in [0.3, 0.4) is 0 Å². The Morgan fingerprint density at radius 3 is 2.73 bits per heavy atom. The maximum absolute atomic E-state index is 9.87. The molecule has 0 radical (unpaired) electrons. The van der Waals surface area contributed by atoms with Gasteiger partial charge in [0.1, 0.15) is 0 Å². The Morgan fingerprint density at radius 2 is 2.07 bits per heavy atom. The minimum Gasteiger partial charge on any atom is -0.388 e. The Bertz CT molecular complexity index is 351. The molecule has 15 heavy (non-hydrogen) atoms.